The maximum absolute atomic E-state index is 12.6. The van der Waals surface area contributed by atoms with Gasteiger partial charge in [0.25, 0.3) is 0 Å². The van der Waals surface area contributed by atoms with E-state index in [2.05, 4.69) is 21.2 Å². The predicted octanol–water partition coefficient (Wildman–Crippen LogP) is 4.98. The van der Waals surface area contributed by atoms with Gasteiger partial charge in [0.2, 0.25) is 5.91 Å². The number of carbonyl (C=O) groups is 1. The Morgan fingerprint density at radius 3 is 2.10 bits per heavy atom. The van der Waals surface area contributed by atoms with Crippen LogP contribution in [0, 0.1) is 13.8 Å². The zero-order valence-corrected chi connectivity index (χ0v) is 14.4. The van der Waals surface area contributed by atoms with Crippen molar-refractivity contribution in [1.29, 1.82) is 0 Å². The van der Waals surface area contributed by atoms with Crippen LogP contribution in [0.25, 0.3) is 0 Å². The van der Waals surface area contributed by atoms with Crippen molar-refractivity contribution in [3.63, 3.8) is 0 Å². The minimum atomic E-state index is -0.573. The molecule has 0 bridgehead atoms. The maximum atomic E-state index is 12.6. The molecule has 2 rings (SSSR count). The second kappa shape index (κ2) is 6.02. The zero-order valence-electron chi connectivity index (χ0n) is 12.8. The van der Waals surface area contributed by atoms with Crippen LogP contribution >= 0.6 is 15.9 Å². The summed E-state index contributed by atoms with van der Waals surface area (Å²) in [6.07, 6.45) is 0. The molecule has 0 unspecified atom stereocenters. The van der Waals surface area contributed by atoms with Crippen molar-refractivity contribution in [2.75, 3.05) is 5.32 Å². The third-order valence-electron chi connectivity index (χ3n) is 3.76. The summed E-state index contributed by atoms with van der Waals surface area (Å²) in [4.78, 5) is 12.6. The second-order valence-corrected chi connectivity index (χ2v) is 6.66. The van der Waals surface area contributed by atoms with Crippen molar-refractivity contribution in [2.45, 2.75) is 33.1 Å². The fourth-order valence-corrected chi connectivity index (χ4v) is 2.52. The summed E-state index contributed by atoms with van der Waals surface area (Å²) >= 11 is 3.54. The molecule has 2 nitrogen and oxygen atoms in total. The van der Waals surface area contributed by atoms with Gasteiger partial charge in [-0.2, -0.15) is 0 Å². The molecule has 3 heteroatoms. The first-order valence-electron chi connectivity index (χ1n) is 6.96. The van der Waals surface area contributed by atoms with Crippen LogP contribution in [-0.4, -0.2) is 5.91 Å². The van der Waals surface area contributed by atoms with Crippen molar-refractivity contribution >= 4 is 27.5 Å². The molecule has 21 heavy (non-hydrogen) atoms. The van der Waals surface area contributed by atoms with Gasteiger partial charge >= 0.3 is 0 Å². The average Bonchev–Trinajstić information content (AvgIpc) is 2.45. The summed E-state index contributed by atoms with van der Waals surface area (Å²) in [6.45, 7) is 7.93. The number of carbonyl (C=O) groups excluding carboxylic acids is 1. The summed E-state index contributed by atoms with van der Waals surface area (Å²) < 4.78 is 1.09. The number of halogens is 1. The fourth-order valence-electron chi connectivity index (χ4n) is 2.29. The third-order valence-corrected chi connectivity index (χ3v) is 5.01. The van der Waals surface area contributed by atoms with Gasteiger partial charge in [0.1, 0.15) is 0 Å². The Bertz CT molecular complexity index is 639. The van der Waals surface area contributed by atoms with Gasteiger partial charge in [-0.05, 0) is 56.5 Å². The molecule has 1 amide bonds. The van der Waals surface area contributed by atoms with Crippen LogP contribution < -0.4 is 5.32 Å². The zero-order chi connectivity index (χ0) is 15.6. The highest BCUT2D eigenvalue weighted by Gasteiger charge is 2.29. The second-order valence-electron chi connectivity index (χ2n) is 5.87. The Morgan fingerprint density at radius 1 is 1.05 bits per heavy atom. The Labute approximate surface area is 134 Å². The van der Waals surface area contributed by atoms with Crippen LogP contribution in [0.2, 0.25) is 0 Å². The highest BCUT2D eigenvalue weighted by atomic mass is 79.9. The molecule has 0 aromatic heterocycles. The molecule has 0 saturated carbocycles. The van der Waals surface area contributed by atoms with E-state index in [-0.39, 0.29) is 5.91 Å². The maximum Gasteiger partial charge on any atom is 0.234 e. The van der Waals surface area contributed by atoms with Gasteiger partial charge in [0, 0.05) is 10.2 Å². The Balaban J connectivity index is 2.26. The van der Waals surface area contributed by atoms with E-state index < -0.39 is 5.41 Å². The first-order valence-corrected chi connectivity index (χ1v) is 7.75. The number of amides is 1. The minimum absolute atomic E-state index is 0.00479. The average molecular weight is 346 g/mol. The Morgan fingerprint density at radius 2 is 1.57 bits per heavy atom. The minimum Gasteiger partial charge on any atom is -0.325 e. The summed E-state index contributed by atoms with van der Waals surface area (Å²) in [6, 6.07) is 13.8. The van der Waals surface area contributed by atoms with Gasteiger partial charge in [-0.25, -0.2) is 0 Å². The smallest absolute Gasteiger partial charge is 0.234 e. The Hall–Kier alpha value is -1.61. The van der Waals surface area contributed by atoms with Gasteiger partial charge in [0.15, 0.2) is 0 Å². The van der Waals surface area contributed by atoms with Gasteiger partial charge < -0.3 is 5.32 Å². The van der Waals surface area contributed by atoms with Crippen molar-refractivity contribution in [2.24, 2.45) is 0 Å². The molecule has 2 aromatic rings. The fraction of sp³-hybridized carbons (Fsp3) is 0.278. The lowest BCUT2D eigenvalue weighted by molar-refractivity contribution is -0.120. The molecular formula is C18H20BrNO. The molecule has 0 saturated heterocycles. The van der Waals surface area contributed by atoms with E-state index in [4.69, 9.17) is 0 Å². The molecule has 0 heterocycles. The third kappa shape index (κ3) is 3.35. The molecule has 0 aliphatic heterocycles. The number of rotatable bonds is 3. The van der Waals surface area contributed by atoms with Crippen LogP contribution in [0.5, 0.6) is 0 Å². The topological polar surface area (TPSA) is 29.1 Å². The van der Waals surface area contributed by atoms with Crippen molar-refractivity contribution in [3.8, 4) is 0 Å². The largest absolute Gasteiger partial charge is 0.325 e. The summed E-state index contributed by atoms with van der Waals surface area (Å²) in [5, 5.41) is 3.03. The number of anilines is 1. The highest BCUT2D eigenvalue weighted by molar-refractivity contribution is 9.10. The van der Waals surface area contributed by atoms with Crippen LogP contribution in [-0.2, 0) is 10.2 Å². The summed E-state index contributed by atoms with van der Waals surface area (Å²) in [5.74, 6) is -0.00479. The van der Waals surface area contributed by atoms with E-state index in [0.717, 1.165) is 26.9 Å². The monoisotopic (exact) mass is 345 g/mol. The lowest BCUT2D eigenvalue weighted by Gasteiger charge is -2.24. The van der Waals surface area contributed by atoms with Gasteiger partial charge in [-0.15, -0.1) is 0 Å². The number of nitrogens with one attached hydrogen (secondary N) is 1. The Kier molecular flexibility index (Phi) is 4.52. The van der Waals surface area contributed by atoms with E-state index in [1.807, 2.05) is 70.2 Å². The molecule has 110 valence electrons. The first-order chi connectivity index (χ1) is 9.82. The molecule has 0 fully saturated rings. The molecule has 0 radical (unpaired) electrons. The first kappa shape index (κ1) is 15.8. The molecular weight excluding hydrogens is 326 g/mol. The SMILES string of the molecule is Cc1cc(NC(=O)C(C)(C)c2ccccc2)cc(C)c1Br. The molecule has 2 aromatic carbocycles. The number of hydrogen-bond acceptors (Lipinski definition) is 1. The predicted molar refractivity (Wildman–Crippen MR) is 91.7 cm³/mol. The van der Waals surface area contributed by atoms with E-state index in [0.29, 0.717) is 0 Å². The van der Waals surface area contributed by atoms with Crippen LogP contribution in [0.1, 0.15) is 30.5 Å². The summed E-state index contributed by atoms with van der Waals surface area (Å²) in [7, 11) is 0. The van der Waals surface area contributed by atoms with E-state index >= 15 is 0 Å². The normalized spacial score (nSPS) is 11.3. The molecule has 0 aliphatic carbocycles. The molecule has 0 atom stereocenters. The summed E-state index contributed by atoms with van der Waals surface area (Å²) in [5.41, 5.74) is 3.50. The van der Waals surface area contributed by atoms with Crippen LogP contribution in [0.4, 0.5) is 5.69 Å². The van der Waals surface area contributed by atoms with Gasteiger partial charge in [-0.3, -0.25) is 4.79 Å². The van der Waals surface area contributed by atoms with Crippen molar-refractivity contribution in [1.82, 2.24) is 0 Å². The van der Waals surface area contributed by atoms with Crippen molar-refractivity contribution < 1.29 is 4.79 Å². The van der Waals surface area contributed by atoms with Crippen LogP contribution in [0.3, 0.4) is 0 Å². The number of benzene rings is 2. The lowest BCUT2D eigenvalue weighted by Crippen LogP contribution is -2.34. The number of hydrogen-bond donors (Lipinski definition) is 1. The van der Waals surface area contributed by atoms with Crippen molar-refractivity contribution in [3.05, 3.63) is 63.6 Å². The van der Waals surface area contributed by atoms with E-state index in [1.165, 1.54) is 0 Å². The standard InChI is InChI=1S/C18H20BrNO/c1-12-10-15(11-13(2)16(12)19)20-17(21)18(3,4)14-8-6-5-7-9-14/h5-11H,1-4H3,(H,20,21). The van der Waals surface area contributed by atoms with Gasteiger partial charge in [-0.1, -0.05) is 46.3 Å². The molecule has 1 N–H and O–H groups in total. The van der Waals surface area contributed by atoms with Crippen LogP contribution in [0.15, 0.2) is 46.9 Å². The lowest BCUT2D eigenvalue weighted by atomic mass is 9.83. The van der Waals surface area contributed by atoms with E-state index in [1.54, 1.807) is 0 Å². The van der Waals surface area contributed by atoms with Gasteiger partial charge in [0.05, 0.1) is 5.41 Å². The molecule has 0 aliphatic rings. The highest BCUT2D eigenvalue weighted by Crippen LogP contribution is 2.28. The quantitative estimate of drug-likeness (QED) is 0.834. The number of aryl methyl sites for hydroxylation is 2. The van der Waals surface area contributed by atoms with E-state index in [9.17, 15) is 4.79 Å². The molecule has 0 spiro atoms.